The Bertz CT molecular complexity index is 596. The molecule has 1 aromatic carbocycles. The average Bonchev–Trinajstić information content (AvgIpc) is 2.57. The Balaban J connectivity index is 2.89. The van der Waals surface area contributed by atoms with Crippen LogP contribution in [0.5, 0.6) is 0 Å². The predicted octanol–water partition coefficient (Wildman–Crippen LogP) is 4.70. The van der Waals surface area contributed by atoms with E-state index < -0.39 is 0 Å². The van der Waals surface area contributed by atoms with E-state index in [1.54, 1.807) is 29.2 Å². The van der Waals surface area contributed by atoms with Crippen molar-refractivity contribution in [1.29, 1.82) is 0 Å². The monoisotopic (exact) mass is 421 g/mol. The van der Waals surface area contributed by atoms with Gasteiger partial charge in [-0.3, -0.25) is 9.59 Å². The molecule has 1 rings (SSSR count). The first-order valence-electron chi connectivity index (χ1n) is 7.82. The number of carbonyl (C=O) groups is 2. The lowest BCUT2D eigenvalue weighted by atomic mass is 10.1. The molecule has 0 N–H and O–H groups in total. The predicted molar refractivity (Wildman–Crippen MR) is 110 cm³/mol. The molecule has 0 heterocycles. The molecule has 0 saturated carbocycles. The smallest absolute Gasteiger partial charge is 0.223 e. The van der Waals surface area contributed by atoms with Gasteiger partial charge in [-0.2, -0.15) is 0 Å². The van der Waals surface area contributed by atoms with Gasteiger partial charge in [-0.05, 0) is 49.8 Å². The van der Waals surface area contributed by atoms with E-state index in [0.717, 1.165) is 5.69 Å². The molecule has 1 unspecified atom stereocenters. The Morgan fingerprint density at radius 1 is 1.32 bits per heavy atom. The third-order valence-electron chi connectivity index (χ3n) is 3.32. The number of carbonyl (C=O) groups excluding carboxylic acids is 2. The molecule has 0 aliphatic rings. The van der Waals surface area contributed by atoms with Gasteiger partial charge in [0.05, 0.1) is 12.5 Å². The summed E-state index contributed by atoms with van der Waals surface area (Å²) >= 11 is 18.0. The van der Waals surface area contributed by atoms with Crippen molar-refractivity contribution in [2.45, 2.75) is 31.9 Å². The van der Waals surface area contributed by atoms with Crippen molar-refractivity contribution >= 4 is 68.9 Å². The van der Waals surface area contributed by atoms with Gasteiger partial charge in [-0.25, -0.2) is 0 Å². The van der Waals surface area contributed by atoms with E-state index in [1.807, 2.05) is 6.92 Å². The van der Waals surface area contributed by atoms with Crippen molar-refractivity contribution in [1.82, 2.24) is 0 Å². The summed E-state index contributed by atoms with van der Waals surface area (Å²) in [6, 6.07) is 7.04. The average molecular weight is 422 g/mol. The highest BCUT2D eigenvalue weighted by Gasteiger charge is 2.21. The molecule has 0 aromatic heterocycles. The quantitative estimate of drug-likeness (QED) is 0.426. The number of alkyl halides is 1. The fraction of sp³-hybridized carbons (Fsp3) is 0.471. The highest BCUT2D eigenvalue weighted by Crippen LogP contribution is 2.25. The summed E-state index contributed by atoms with van der Waals surface area (Å²) in [7, 11) is 0. The van der Waals surface area contributed by atoms with Crippen LogP contribution in [0.15, 0.2) is 24.3 Å². The summed E-state index contributed by atoms with van der Waals surface area (Å²) in [6.07, 6.45) is 0.892. The summed E-state index contributed by atoms with van der Waals surface area (Å²) in [5, 5.41) is 0.522. The number of Topliss-reactive ketones (excluding diaryl/α,β-unsaturated/α-hetero) is 1. The van der Waals surface area contributed by atoms with E-state index in [1.165, 1.54) is 18.7 Å². The Morgan fingerprint density at radius 2 is 1.96 bits per heavy atom. The molecule has 1 aromatic rings. The lowest BCUT2D eigenvalue weighted by Crippen LogP contribution is -2.35. The normalized spacial score (nSPS) is 11.7. The van der Waals surface area contributed by atoms with Crippen LogP contribution in [0.3, 0.4) is 0 Å². The lowest BCUT2D eigenvalue weighted by molar-refractivity contribution is -0.117. The van der Waals surface area contributed by atoms with Crippen molar-refractivity contribution < 1.29 is 14.3 Å². The minimum absolute atomic E-state index is 0.0130. The third-order valence-corrected chi connectivity index (χ3v) is 5.31. The van der Waals surface area contributed by atoms with Crippen LogP contribution in [0.25, 0.3) is 0 Å². The molecule has 0 radical (unpaired) electrons. The van der Waals surface area contributed by atoms with Crippen molar-refractivity contribution in [3.05, 3.63) is 29.3 Å². The molecule has 0 bridgehead atoms. The van der Waals surface area contributed by atoms with Gasteiger partial charge in [-0.1, -0.05) is 23.4 Å². The van der Waals surface area contributed by atoms with Gasteiger partial charge in [0, 0.05) is 35.8 Å². The molecule has 0 spiro atoms. The number of halogens is 2. The van der Waals surface area contributed by atoms with Gasteiger partial charge in [0.1, 0.15) is 5.78 Å². The number of benzene rings is 1. The van der Waals surface area contributed by atoms with Crippen molar-refractivity contribution in [2.24, 2.45) is 0 Å². The number of rotatable bonds is 9. The molecule has 1 amide bonds. The fourth-order valence-electron chi connectivity index (χ4n) is 2.10. The number of anilines is 1. The number of ketones is 1. The molecular formula is C17H21Cl2NO3S2. The van der Waals surface area contributed by atoms with E-state index >= 15 is 0 Å². The van der Waals surface area contributed by atoms with E-state index in [0.29, 0.717) is 35.4 Å². The molecule has 0 fully saturated rings. The van der Waals surface area contributed by atoms with Crippen LogP contribution < -0.4 is 4.90 Å². The topological polar surface area (TPSA) is 46.6 Å². The SMILES string of the molecule is CCOC(=S)SC(CCC(=O)CCl)CN(C(C)=O)c1ccc(Cl)cc1. The molecule has 1 atom stereocenters. The van der Waals surface area contributed by atoms with Gasteiger partial charge in [0.25, 0.3) is 0 Å². The second-order valence-electron chi connectivity index (χ2n) is 5.24. The summed E-state index contributed by atoms with van der Waals surface area (Å²) < 4.78 is 5.74. The van der Waals surface area contributed by atoms with Crippen LogP contribution >= 0.6 is 47.2 Å². The van der Waals surface area contributed by atoms with Crippen LogP contribution in [0.2, 0.25) is 5.02 Å². The highest BCUT2D eigenvalue weighted by molar-refractivity contribution is 8.23. The van der Waals surface area contributed by atoms with Gasteiger partial charge in [0.2, 0.25) is 10.3 Å². The van der Waals surface area contributed by atoms with E-state index in [-0.39, 0.29) is 22.8 Å². The third kappa shape index (κ3) is 8.40. The van der Waals surface area contributed by atoms with E-state index in [9.17, 15) is 9.59 Å². The molecule has 0 saturated heterocycles. The standard InChI is InChI=1S/C17H21Cl2NO3S2/c1-3-23-17(24)25-16(9-8-15(22)10-18)11-20(12(2)21)14-6-4-13(19)5-7-14/h4-7,16H,3,8-11H2,1-2H3. The maximum Gasteiger partial charge on any atom is 0.223 e. The minimum atomic E-state index is -0.0982. The number of thioether (sulfide) groups is 1. The second-order valence-corrected chi connectivity index (χ2v) is 7.85. The molecule has 0 aliphatic heterocycles. The van der Waals surface area contributed by atoms with Crippen molar-refractivity contribution in [3.8, 4) is 0 Å². The maximum atomic E-state index is 12.1. The molecule has 4 nitrogen and oxygen atoms in total. The summed E-state index contributed by atoms with van der Waals surface area (Å²) in [5.74, 6) is -0.143. The van der Waals surface area contributed by atoms with Crippen LogP contribution in [-0.2, 0) is 14.3 Å². The Kier molecular flexibility index (Phi) is 10.4. The summed E-state index contributed by atoms with van der Waals surface area (Å²) in [6.45, 7) is 4.24. The summed E-state index contributed by atoms with van der Waals surface area (Å²) in [5.41, 5.74) is 0.744. The zero-order valence-electron chi connectivity index (χ0n) is 14.2. The Hall–Kier alpha value is -0.820. The zero-order chi connectivity index (χ0) is 18.8. The second kappa shape index (κ2) is 11.7. The minimum Gasteiger partial charge on any atom is -0.479 e. The van der Waals surface area contributed by atoms with Crippen LogP contribution in [0.1, 0.15) is 26.7 Å². The van der Waals surface area contributed by atoms with Gasteiger partial charge in [-0.15, -0.1) is 11.6 Å². The molecule has 0 aliphatic carbocycles. The van der Waals surface area contributed by atoms with Gasteiger partial charge < -0.3 is 9.64 Å². The van der Waals surface area contributed by atoms with E-state index in [2.05, 4.69) is 0 Å². The maximum absolute atomic E-state index is 12.1. The van der Waals surface area contributed by atoms with Crippen LogP contribution in [-0.4, -0.2) is 40.4 Å². The zero-order valence-corrected chi connectivity index (χ0v) is 17.3. The number of ether oxygens (including phenoxy) is 1. The number of nitrogens with zero attached hydrogens (tertiary/aromatic N) is 1. The van der Waals surface area contributed by atoms with Crippen LogP contribution in [0, 0.1) is 0 Å². The number of amides is 1. The lowest BCUT2D eigenvalue weighted by Gasteiger charge is -2.26. The van der Waals surface area contributed by atoms with Crippen LogP contribution in [0.4, 0.5) is 5.69 Å². The number of hydrogen-bond donors (Lipinski definition) is 0. The summed E-state index contributed by atoms with van der Waals surface area (Å²) in [4.78, 5) is 25.3. The molecule has 138 valence electrons. The number of thiocarbonyl (C=S) groups is 1. The number of hydrogen-bond acceptors (Lipinski definition) is 5. The highest BCUT2D eigenvalue weighted by atomic mass is 35.5. The van der Waals surface area contributed by atoms with Crippen molar-refractivity contribution in [3.63, 3.8) is 0 Å². The first-order chi connectivity index (χ1) is 11.9. The first kappa shape index (κ1) is 22.2. The first-order valence-corrected chi connectivity index (χ1v) is 10.0. The van der Waals surface area contributed by atoms with Gasteiger partial charge in [0.15, 0.2) is 0 Å². The van der Waals surface area contributed by atoms with Gasteiger partial charge >= 0.3 is 0 Å². The molecule has 8 heteroatoms. The van der Waals surface area contributed by atoms with Crippen molar-refractivity contribution in [2.75, 3.05) is 23.9 Å². The Morgan fingerprint density at radius 3 is 2.48 bits per heavy atom. The Labute approximate surface area is 168 Å². The largest absolute Gasteiger partial charge is 0.479 e. The fourth-order valence-corrected chi connectivity index (χ4v) is 3.81. The van der Waals surface area contributed by atoms with E-state index in [4.69, 9.17) is 40.2 Å². The molecule has 25 heavy (non-hydrogen) atoms. The molecular weight excluding hydrogens is 401 g/mol.